The van der Waals surface area contributed by atoms with E-state index in [0.29, 0.717) is 23.7 Å². The second kappa shape index (κ2) is 21.5. The van der Waals surface area contributed by atoms with Gasteiger partial charge in [-0.1, -0.05) is 145 Å². The molecule has 0 spiro atoms. The fourth-order valence-corrected chi connectivity index (χ4v) is 10.9. The van der Waals surface area contributed by atoms with Crippen LogP contribution in [0.1, 0.15) is 157 Å². The second-order valence-electron chi connectivity index (χ2n) is 17.8. The van der Waals surface area contributed by atoms with E-state index < -0.39 is 6.10 Å². The Labute approximate surface area is 319 Å². The van der Waals surface area contributed by atoms with Gasteiger partial charge in [-0.25, -0.2) is 0 Å². The highest BCUT2D eigenvalue weighted by atomic mass is 16.5. The lowest BCUT2D eigenvalue weighted by molar-refractivity contribution is -0.151. The van der Waals surface area contributed by atoms with Crippen LogP contribution in [0, 0.1) is 46.3 Å². The maximum atomic E-state index is 12.8. The molecule has 0 radical (unpaired) electrons. The zero-order chi connectivity index (χ0) is 37.4. The molecule has 3 nitrogen and oxygen atoms in total. The van der Waals surface area contributed by atoms with E-state index in [1.165, 1.54) is 57.8 Å². The van der Waals surface area contributed by atoms with Crippen molar-refractivity contribution in [1.29, 1.82) is 0 Å². The van der Waals surface area contributed by atoms with Crippen molar-refractivity contribution < 1.29 is 14.6 Å². The van der Waals surface area contributed by atoms with Crippen molar-refractivity contribution in [1.82, 2.24) is 0 Å². The number of hydrogen-bond donors (Lipinski definition) is 1. The molecule has 0 bridgehead atoms. The van der Waals surface area contributed by atoms with Gasteiger partial charge in [0.15, 0.2) is 0 Å². The fraction of sp³-hybridized carbons (Fsp3) is 0.694. The minimum absolute atomic E-state index is 0.0421. The standard InChI is InChI=1S/C49H76O3/c1-7-8-9-10-17-20-26-41(50)27-21-18-15-13-11-12-14-16-19-22-28-47(51)52-42-33-35-48(5)40(37-42)29-30-43-45-32-31-44(39(4)25-23-24-38(2)3)49(45,6)36-34-46(43)48/h8-9,11-12,15-21,27,29,38-39,41-46,50H,7,10,13-14,22-26,28,30-37H2,1-6H3/b9-8-,12-11-,18-15-,19-16-,20-17-,27-21+/t39-,41?,42+,43+,44-,45+,46+,48+,49-/m1/s1. The summed E-state index contributed by atoms with van der Waals surface area (Å²) in [6.07, 6.45) is 46.9. The average Bonchev–Trinajstić information content (AvgIpc) is 3.47. The van der Waals surface area contributed by atoms with Crippen molar-refractivity contribution in [2.24, 2.45) is 46.3 Å². The summed E-state index contributed by atoms with van der Waals surface area (Å²) in [5.74, 6) is 5.08. The Kier molecular flexibility index (Phi) is 17.5. The van der Waals surface area contributed by atoms with Gasteiger partial charge in [0.25, 0.3) is 0 Å². The van der Waals surface area contributed by atoms with Crippen LogP contribution in [0.4, 0.5) is 0 Å². The van der Waals surface area contributed by atoms with Gasteiger partial charge in [-0.2, -0.15) is 0 Å². The Morgan fingerprint density at radius 2 is 1.60 bits per heavy atom. The molecule has 9 atom stereocenters. The normalized spacial score (nSPS) is 32.0. The van der Waals surface area contributed by atoms with Gasteiger partial charge in [0.2, 0.25) is 0 Å². The number of rotatable bonds is 20. The van der Waals surface area contributed by atoms with Gasteiger partial charge in [-0.3, -0.25) is 4.79 Å². The molecule has 4 aliphatic carbocycles. The minimum Gasteiger partial charge on any atom is -0.462 e. The first-order chi connectivity index (χ1) is 25.1. The maximum Gasteiger partial charge on any atom is 0.306 e. The molecule has 1 N–H and O–H groups in total. The second-order valence-corrected chi connectivity index (χ2v) is 17.8. The van der Waals surface area contributed by atoms with Gasteiger partial charge in [0, 0.05) is 12.8 Å². The number of hydrogen-bond acceptors (Lipinski definition) is 3. The molecule has 3 saturated carbocycles. The van der Waals surface area contributed by atoms with Crippen LogP contribution in [0.15, 0.2) is 84.6 Å². The summed E-state index contributed by atoms with van der Waals surface area (Å²) < 4.78 is 6.08. The minimum atomic E-state index is -0.443. The van der Waals surface area contributed by atoms with Gasteiger partial charge in [0.1, 0.15) is 6.10 Å². The zero-order valence-corrected chi connectivity index (χ0v) is 34.1. The third-order valence-corrected chi connectivity index (χ3v) is 13.8. The van der Waals surface area contributed by atoms with E-state index >= 15 is 0 Å². The first-order valence-electron chi connectivity index (χ1n) is 21.6. The molecule has 52 heavy (non-hydrogen) atoms. The Morgan fingerprint density at radius 1 is 0.865 bits per heavy atom. The number of aliphatic hydroxyl groups excluding tert-OH is 1. The van der Waals surface area contributed by atoms with Gasteiger partial charge >= 0.3 is 5.97 Å². The third kappa shape index (κ3) is 12.1. The Morgan fingerprint density at radius 3 is 2.37 bits per heavy atom. The van der Waals surface area contributed by atoms with E-state index in [-0.39, 0.29) is 12.1 Å². The average molecular weight is 713 g/mol. The quantitative estimate of drug-likeness (QED) is 0.0776. The third-order valence-electron chi connectivity index (χ3n) is 13.8. The number of ether oxygens (including phenoxy) is 1. The van der Waals surface area contributed by atoms with E-state index in [1.807, 2.05) is 24.3 Å². The first-order valence-corrected chi connectivity index (χ1v) is 21.6. The van der Waals surface area contributed by atoms with E-state index in [1.54, 1.807) is 5.57 Å². The van der Waals surface area contributed by atoms with Crippen LogP contribution >= 0.6 is 0 Å². The van der Waals surface area contributed by atoms with E-state index in [0.717, 1.165) is 80.5 Å². The van der Waals surface area contributed by atoms with Crippen molar-refractivity contribution >= 4 is 5.97 Å². The van der Waals surface area contributed by atoms with Gasteiger partial charge in [-0.05, 0) is 130 Å². The van der Waals surface area contributed by atoms with Crippen molar-refractivity contribution in [3.8, 4) is 0 Å². The lowest BCUT2D eigenvalue weighted by atomic mass is 9.47. The molecule has 1 unspecified atom stereocenters. The molecule has 290 valence electrons. The Hall–Kier alpha value is -2.39. The molecule has 3 fully saturated rings. The molecule has 0 aliphatic heterocycles. The summed E-state index contributed by atoms with van der Waals surface area (Å²) in [4.78, 5) is 12.8. The predicted molar refractivity (Wildman–Crippen MR) is 222 cm³/mol. The summed E-state index contributed by atoms with van der Waals surface area (Å²) in [7, 11) is 0. The van der Waals surface area contributed by atoms with Crippen molar-refractivity contribution in [3.63, 3.8) is 0 Å². The lowest BCUT2D eigenvalue weighted by Gasteiger charge is -2.58. The molecule has 0 heterocycles. The highest BCUT2D eigenvalue weighted by molar-refractivity contribution is 5.69. The first kappa shape index (κ1) is 42.4. The molecule has 4 rings (SSSR count). The number of carbonyl (C=O) groups is 1. The molecule has 4 aliphatic rings. The van der Waals surface area contributed by atoms with Crippen LogP contribution in [0.2, 0.25) is 0 Å². The van der Waals surface area contributed by atoms with E-state index in [4.69, 9.17) is 4.74 Å². The molecular weight excluding hydrogens is 637 g/mol. The van der Waals surface area contributed by atoms with Crippen molar-refractivity contribution in [3.05, 3.63) is 84.6 Å². The van der Waals surface area contributed by atoms with Crippen LogP contribution in [0.25, 0.3) is 0 Å². The van der Waals surface area contributed by atoms with Crippen LogP contribution < -0.4 is 0 Å². The van der Waals surface area contributed by atoms with Gasteiger partial charge in [-0.15, -0.1) is 0 Å². The van der Waals surface area contributed by atoms with Gasteiger partial charge < -0.3 is 9.84 Å². The fourth-order valence-electron chi connectivity index (χ4n) is 10.9. The summed E-state index contributed by atoms with van der Waals surface area (Å²) in [6.45, 7) is 14.7. The van der Waals surface area contributed by atoms with Crippen LogP contribution in [-0.4, -0.2) is 23.3 Å². The topological polar surface area (TPSA) is 46.5 Å². The zero-order valence-electron chi connectivity index (χ0n) is 34.1. The maximum absolute atomic E-state index is 12.8. The molecule has 0 aromatic heterocycles. The SMILES string of the molecule is CC/C=C\C/C=C\CC(O)/C=C/C=C\C/C=C\C/C=C\CCC(=O)O[C@H]1CC[C@@]2(C)C(=CC[C@H]3[C@@H]4CC[C@H]([C@H](C)CCCC(C)C)[C@@]4(C)CC[C@@H]32)C1. The summed E-state index contributed by atoms with van der Waals surface area (Å²) in [5, 5.41) is 10.0. The molecular formula is C49H76O3. The molecule has 0 aromatic carbocycles. The molecule has 3 heteroatoms. The lowest BCUT2D eigenvalue weighted by Crippen LogP contribution is -2.51. The smallest absolute Gasteiger partial charge is 0.306 e. The highest BCUT2D eigenvalue weighted by Gasteiger charge is 2.59. The number of carbonyl (C=O) groups excluding carboxylic acids is 1. The monoisotopic (exact) mass is 713 g/mol. The van der Waals surface area contributed by atoms with Gasteiger partial charge in [0.05, 0.1) is 6.10 Å². The number of allylic oxidation sites excluding steroid dienone is 11. The Balaban J connectivity index is 1.12. The molecule has 0 aromatic rings. The van der Waals surface area contributed by atoms with Crippen LogP contribution in [0.3, 0.4) is 0 Å². The van der Waals surface area contributed by atoms with Crippen LogP contribution in [0.5, 0.6) is 0 Å². The predicted octanol–water partition coefficient (Wildman–Crippen LogP) is 13.4. The van der Waals surface area contributed by atoms with Crippen molar-refractivity contribution in [2.45, 2.75) is 169 Å². The summed E-state index contributed by atoms with van der Waals surface area (Å²) >= 11 is 0. The molecule has 0 amide bonds. The number of fused-ring (bicyclic) bond motifs is 5. The largest absolute Gasteiger partial charge is 0.462 e. The van der Waals surface area contributed by atoms with Crippen LogP contribution in [-0.2, 0) is 9.53 Å². The Bertz CT molecular complexity index is 1290. The van der Waals surface area contributed by atoms with E-state index in [2.05, 4.69) is 96.2 Å². The molecule has 0 saturated heterocycles. The number of esters is 1. The van der Waals surface area contributed by atoms with Crippen molar-refractivity contribution in [2.75, 3.05) is 0 Å². The highest BCUT2D eigenvalue weighted by Crippen LogP contribution is 2.67. The van der Waals surface area contributed by atoms with E-state index in [9.17, 15) is 9.90 Å². The summed E-state index contributed by atoms with van der Waals surface area (Å²) in [5.41, 5.74) is 2.43. The number of aliphatic hydroxyl groups is 1. The summed E-state index contributed by atoms with van der Waals surface area (Å²) in [6, 6.07) is 0.